The fraction of sp³-hybridized carbons (Fsp3) is 0.222. The van der Waals surface area contributed by atoms with Crippen molar-refractivity contribution in [2.75, 3.05) is 6.54 Å². The minimum atomic E-state index is -0.348. The Morgan fingerprint density at radius 3 is 2.69 bits per heavy atom. The van der Waals surface area contributed by atoms with Crippen LogP contribution in [0.5, 0.6) is 0 Å². The van der Waals surface area contributed by atoms with Crippen LogP contribution in [0.2, 0.25) is 0 Å². The average molecular weight is 201 g/mol. The van der Waals surface area contributed by atoms with Crippen LogP contribution in [0.15, 0.2) is 18.2 Å². The third-order valence-electron chi connectivity index (χ3n) is 1.63. The lowest BCUT2D eigenvalue weighted by Gasteiger charge is -2.02. The molecule has 4 heteroatoms. The highest BCUT2D eigenvalue weighted by Gasteiger charge is 2.05. The molecule has 0 aromatic heterocycles. The summed E-state index contributed by atoms with van der Waals surface area (Å²) < 4.78 is 13.0. The molecule has 13 heavy (non-hydrogen) atoms. The lowest BCUT2D eigenvalue weighted by molar-refractivity contribution is 0.608. The number of nitriles is 1. The first-order valence-corrected chi connectivity index (χ1v) is 3.67. The molecular formula is C9H10ClFN2. The van der Waals surface area contributed by atoms with Gasteiger partial charge in [-0.25, -0.2) is 4.39 Å². The molecule has 1 aromatic carbocycles. The second kappa shape index (κ2) is 5.52. The molecule has 0 spiro atoms. The Kier molecular flexibility index (Phi) is 5.05. The monoisotopic (exact) mass is 200 g/mol. The zero-order chi connectivity index (χ0) is 8.97. The van der Waals surface area contributed by atoms with Crippen molar-refractivity contribution in [2.45, 2.75) is 6.42 Å². The summed E-state index contributed by atoms with van der Waals surface area (Å²) in [4.78, 5) is 0. The van der Waals surface area contributed by atoms with E-state index in [1.165, 1.54) is 12.1 Å². The van der Waals surface area contributed by atoms with Gasteiger partial charge in [-0.05, 0) is 25.1 Å². The summed E-state index contributed by atoms with van der Waals surface area (Å²) in [7, 11) is 0. The minimum Gasteiger partial charge on any atom is -0.330 e. The molecule has 2 nitrogen and oxygen atoms in total. The third kappa shape index (κ3) is 2.69. The molecule has 0 radical (unpaired) electrons. The van der Waals surface area contributed by atoms with Crippen LogP contribution in [0.4, 0.5) is 4.39 Å². The molecule has 0 heterocycles. The van der Waals surface area contributed by atoms with Gasteiger partial charge in [0.15, 0.2) is 0 Å². The number of rotatable bonds is 2. The quantitative estimate of drug-likeness (QED) is 0.789. The fourth-order valence-electron chi connectivity index (χ4n) is 1.06. The minimum absolute atomic E-state index is 0. The average Bonchev–Trinajstić information content (AvgIpc) is 2.09. The lowest BCUT2D eigenvalue weighted by Crippen LogP contribution is -2.06. The number of nitrogens with two attached hydrogens (primary N) is 1. The molecule has 1 aromatic rings. The van der Waals surface area contributed by atoms with E-state index in [1.807, 2.05) is 6.07 Å². The van der Waals surface area contributed by atoms with E-state index in [-0.39, 0.29) is 18.2 Å². The summed E-state index contributed by atoms with van der Waals surface area (Å²) >= 11 is 0. The predicted octanol–water partition coefficient (Wildman–Crippen LogP) is 1.62. The van der Waals surface area contributed by atoms with Gasteiger partial charge < -0.3 is 5.73 Å². The van der Waals surface area contributed by atoms with Crippen molar-refractivity contribution in [2.24, 2.45) is 5.73 Å². The smallest absolute Gasteiger partial charge is 0.127 e. The standard InChI is InChI=1S/C9H9FN2.ClH/c10-9-3-1-2-7(6-12)8(9)4-5-11;/h1-3H,4-5,11H2;1H. The van der Waals surface area contributed by atoms with Gasteiger partial charge in [0.25, 0.3) is 0 Å². The van der Waals surface area contributed by atoms with Crippen LogP contribution in [-0.4, -0.2) is 6.54 Å². The van der Waals surface area contributed by atoms with Crippen molar-refractivity contribution in [3.05, 3.63) is 35.1 Å². The van der Waals surface area contributed by atoms with Gasteiger partial charge in [0.1, 0.15) is 5.82 Å². The maximum absolute atomic E-state index is 13.0. The second-order valence-electron chi connectivity index (χ2n) is 2.42. The Balaban J connectivity index is 0.00000144. The number of benzene rings is 1. The van der Waals surface area contributed by atoms with Gasteiger partial charge in [0.2, 0.25) is 0 Å². The van der Waals surface area contributed by atoms with E-state index >= 15 is 0 Å². The molecule has 0 amide bonds. The van der Waals surface area contributed by atoms with E-state index in [2.05, 4.69) is 0 Å². The van der Waals surface area contributed by atoms with Crippen LogP contribution in [0, 0.1) is 17.1 Å². The Hall–Kier alpha value is -1.11. The summed E-state index contributed by atoms with van der Waals surface area (Å²) in [6.45, 7) is 0.357. The number of hydrogen-bond acceptors (Lipinski definition) is 2. The zero-order valence-corrected chi connectivity index (χ0v) is 7.77. The number of halogens is 2. The molecule has 0 unspecified atom stereocenters. The zero-order valence-electron chi connectivity index (χ0n) is 6.96. The van der Waals surface area contributed by atoms with Crippen molar-refractivity contribution in [3.63, 3.8) is 0 Å². The van der Waals surface area contributed by atoms with E-state index in [0.717, 1.165) is 0 Å². The third-order valence-corrected chi connectivity index (χ3v) is 1.63. The van der Waals surface area contributed by atoms with Gasteiger partial charge >= 0.3 is 0 Å². The van der Waals surface area contributed by atoms with Crippen LogP contribution < -0.4 is 5.73 Å². The van der Waals surface area contributed by atoms with Gasteiger partial charge in [-0.15, -0.1) is 12.4 Å². The van der Waals surface area contributed by atoms with Crippen LogP contribution in [-0.2, 0) is 6.42 Å². The summed E-state index contributed by atoms with van der Waals surface area (Å²) in [6, 6.07) is 6.38. The molecule has 0 aliphatic heterocycles. The van der Waals surface area contributed by atoms with Crippen LogP contribution in [0.1, 0.15) is 11.1 Å². The van der Waals surface area contributed by atoms with E-state index in [4.69, 9.17) is 11.0 Å². The van der Waals surface area contributed by atoms with E-state index < -0.39 is 0 Å². The summed E-state index contributed by atoms with van der Waals surface area (Å²) in [6.07, 6.45) is 0.412. The van der Waals surface area contributed by atoms with Crippen molar-refractivity contribution in [1.82, 2.24) is 0 Å². The van der Waals surface area contributed by atoms with Crippen molar-refractivity contribution < 1.29 is 4.39 Å². The Labute approximate surface area is 82.6 Å². The Morgan fingerprint density at radius 2 is 2.15 bits per heavy atom. The molecule has 1 rings (SSSR count). The Morgan fingerprint density at radius 1 is 1.46 bits per heavy atom. The highest BCUT2D eigenvalue weighted by Crippen LogP contribution is 2.12. The predicted molar refractivity (Wildman–Crippen MR) is 51.1 cm³/mol. The molecule has 0 fully saturated rings. The molecule has 0 aliphatic rings. The van der Waals surface area contributed by atoms with Crippen molar-refractivity contribution in [1.29, 1.82) is 5.26 Å². The largest absolute Gasteiger partial charge is 0.330 e. The van der Waals surface area contributed by atoms with Gasteiger partial charge in [0.05, 0.1) is 11.6 Å². The molecule has 70 valence electrons. The van der Waals surface area contributed by atoms with Crippen molar-refractivity contribution >= 4 is 12.4 Å². The first kappa shape index (κ1) is 11.9. The topological polar surface area (TPSA) is 49.8 Å². The molecular weight excluding hydrogens is 191 g/mol. The van der Waals surface area contributed by atoms with Gasteiger partial charge in [-0.3, -0.25) is 0 Å². The maximum atomic E-state index is 13.0. The summed E-state index contributed by atoms with van der Waals surface area (Å²) in [5.74, 6) is -0.348. The molecule has 0 saturated carbocycles. The molecule has 0 bridgehead atoms. The van der Waals surface area contributed by atoms with Gasteiger partial charge in [0, 0.05) is 5.56 Å². The van der Waals surface area contributed by atoms with Gasteiger partial charge in [-0.2, -0.15) is 5.26 Å². The first-order valence-electron chi connectivity index (χ1n) is 3.67. The van der Waals surface area contributed by atoms with Crippen LogP contribution in [0.25, 0.3) is 0 Å². The number of hydrogen-bond donors (Lipinski definition) is 1. The highest BCUT2D eigenvalue weighted by molar-refractivity contribution is 5.85. The maximum Gasteiger partial charge on any atom is 0.127 e. The van der Waals surface area contributed by atoms with E-state index in [1.54, 1.807) is 6.07 Å². The normalized spacial score (nSPS) is 8.69. The molecule has 2 N–H and O–H groups in total. The van der Waals surface area contributed by atoms with Crippen LogP contribution >= 0.6 is 12.4 Å². The molecule has 0 saturated heterocycles. The highest BCUT2D eigenvalue weighted by atomic mass is 35.5. The SMILES string of the molecule is Cl.N#Cc1cccc(F)c1CCN. The second-order valence-corrected chi connectivity index (χ2v) is 2.42. The van der Waals surface area contributed by atoms with E-state index in [9.17, 15) is 4.39 Å². The van der Waals surface area contributed by atoms with Crippen molar-refractivity contribution in [3.8, 4) is 6.07 Å². The fourth-order valence-corrected chi connectivity index (χ4v) is 1.06. The first-order chi connectivity index (χ1) is 5.79. The van der Waals surface area contributed by atoms with Gasteiger partial charge in [-0.1, -0.05) is 6.07 Å². The molecule has 0 aliphatic carbocycles. The summed E-state index contributed by atoms with van der Waals surface area (Å²) in [5.41, 5.74) is 6.07. The Bertz CT molecular complexity index is 320. The van der Waals surface area contributed by atoms with E-state index in [0.29, 0.717) is 24.1 Å². The van der Waals surface area contributed by atoms with Crippen LogP contribution in [0.3, 0.4) is 0 Å². The lowest BCUT2D eigenvalue weighted by atomic mass is 10.1. The summed E-state index contributed by atoms with van der Waals surface area (Å²) in [5, 5.41) is 8.61. The molecule has 0 atom stereocenters. The number of nitrogens with zero attached hydrogens (tertiary/aromatic N) is 1.